The summed E-state index contributed by atoms with van der Waals surface area (Å²) < 4.78 is 6.60. The van der Waals surface area contributed by atoms with Gasteiger partial charge in [-0.25, -0.2) is 9.78 Å². The van der Waals surface area contributed by atoms with E-state index in [1.165, 1.54) is 11.3 Å². The van der Waals surface area contributed by atoms with Crippen LogP contribution in [-0.4, -0.2) is 20.4 Å². The number of ether oxygens (including phenoxy) is 1. The lowest BCUT2D eigenvalue weighted by Crippen LogP contribution is -2.38. The van der Waals surface area contributed by atoms with Gasteiger partial charge in [-0.15, -0.1) is 11.3 Å². The van der Waals surface area contributed by atoms with Crippen LogP contribution in [0.5, 0.6) is 5.75 Å². The van der Waals surface area contributed by atoms with Crippen molar-refractivity contribution in [2.24, 2.45) is 0 Å². The second kappa shape index (κ2) is 8.11. The van der Waals surface area contributed by atoms with Crippen molar-refractivity contribution in [1.29, 1.82) is 0 Å². The van der Waals surface area contributed by atoms with Crippen LogP contribution in [0.3, 0.4) is 0 Å². The van der Waals surface area contributed by atoms with Crippen molar-refractivity contribution in [3.63, 3.8) is 0 Å². The molecule has 0 saturated heterocycles. The molecule has 0 fully saturated rings. The van der Waals surface area contributed by atoms with Gasteiger partial charge in [-0.3, -0.25) is 14.2 Å². The zero-order valence-electron chi connectivity index (χ0n) is 15.1. The number of anilines is 1. The lowest BCUT2D eigenvalue weighted by molar-refractivity contribution is -0.116. The number of aromatic amines is 1. The molecule has 0 spiro atoms. The molecule has 9 heteroatoms. The van der Waals surface area contributed by atoms with Crippen molar-refractivity contribution in [3.05, 3.63) is 86.0 Å². The van der Waals surface area contributed by atoms with E-state index >= 15 is 0 Å². The Labute approximate surface area is 168 Å². The van der Waals surface area contributed by atoms with Gasteiger partial charge in [-0.1, -0.05) is 24.3 Å². The molecule has 2 heterocycles. The van der Waals surface area contributed by atoms with Crippen LogP contribution >= 0.6 is 11.3 Å². The third-order valence-corrected chi connectivity index (χ3v) is 4.85. The Morgan fingerprint density at radius 2 is 1.93 bits per heavy atom. The Morgan fingerprint density at radius 3 is 2.76 bits per heavy atom. The second-order valence-corrected chi connectivity index (χ2v) is 6.90. The van der Waals surface area contributed by atoms with E-state index in [0.29, 0.717) is 22.3 Å². The maximum Gasteiger partial charge on any atom is 0.329 e. The molecule has 0 aliphatic rings. The molecule has 0 atom stereocenters. The fraction of sp³-hybridized carbons (Fsp3) is 0.100. The van der Waals surface area contributed by atoms with Gasteiger partial charge >= 0.3 is 5.69 Å². The van der Waals surface area contributed by atoms with Gasteiger partial charge in [-0.05, 0) is 24.3 Å². The third kappa shape index (κ3) is 4.09. The average molecular weight is 408 g/mol. The molecule has 8 nitrogen and oxygen atoms in total. The summed E-state index contributed by atoms with van der Waals surface area (Å²) in [5.74, 6) is -0.0498. The molecule has 146 valence electrons. The van der Waals surface area contributed by atoms with E-state index in [9.17, 15) is 14.4 Å². The zero-order chi connectivity index (χ0) is 20.2. The van der Waals surface area contributed by atoms with Crippen LogP contribution in [-0.2, 0) is 17.9 Å². The molecule has 0 radical (unpaired) electrons. The number of hydrogen-bond donors (Lipinski definition) is 2. The van der Waals surface area contributed by atoms with E-state index in [0.717, 1.165) is 10.3 Å². The number of nitrogens with zero attached hydrogens (tertiary/aromatic N) is 2. The molecule has 29 heavy (non-hydrogen) atoms. The number of nitrogens with one attached hydrogen (secondary N) is 2. The summed E-state index contributed by atoms with van der Waals surface area (Å²) in [6.45, 7) is -0.153. The van der Waals surface area contributed by atoms with Crippen molar-refractivity contribution in [2.45, 2.75) is 13.2 Å². The third-order valence-electron chi connectivity index (χ3n) is 4.21. The highest BCUT2D eigenvalue weighted by molar-refractivity contribution is 7.07. The summed E-state index contributed by atoms with van der Waals surface area (Å²) in [7, 11) is 0. The van der Waals surface area contributed by atoms with Gasteiger partial charge in [0, 0.05) is 5.38 Å². The minimum absolute atomic E-state index is 0.264. The summed E-state index contributed by atoms with van der Waals surface area (Å²) in [4.78, 5) is 44.1. The fourth-order valence-corrected chi connectivity index (χ4v) is 3.38. The van der Waals surface area contributed by atoms with Crippen LogP contribution in [0.25, 0.3) is 10.9 Å². The number of thiazole rings is 1. The number of aromatic nitrogens is 3. The summed E-state index contributed by atoms with van der Waals surface area (Å²) in [6.07, 6.45) is 0. The van der Waals surface area contributed by atoms with Gasteiger partial charge in [0.2, 0.25) is 5.91 Å². The Kier molecular flexibility index (Phi) is 5.21. The summed E-state index contributed by atoms with van der Waals surface area (Å²) in [6, 6.07) is 13.6. The summed E-state index contributed by atoms with van der Waals surface area (Å²) in [5.41, 5.74) is 2.21. The minimum atomic E-state index is -0.642. The van der Waals surface area contributed by atoms with E-state index in [1.807, 2.05) is 5.38 Å². The highest BCUT2D eigenvalue weighted by atomic mass is 32.1. The number of hydrogen-bond acceptors (Lipinski definition) is 6. The van der Waals surface area contributed by atoms with Gasteiger partial charge in [0.05, 0.1) is 27.8 Å². The Hall–Kier alpha value is -3.72. The predicted octanol–water partition coefficient (Wildman–Crippen LogP) is 2.36. The topological polar surface area (TPSA) is 106 Å². The van der Waals surface area contributed by atoms with Crippen LogP contribution in [0.1, 0.15) is 5.69 Å². The first kappa shape index (κ1) is 18.6. The second-order valence-electron chi connectivity index (χ2n) is 6.18. The quantitative estimate of drug-likeness (QED) is 0.509. The lowest BCUT2D eigenvalue weighted by atomic mass is 10.2. The molecule has 0 aliphatic heterocycles. The summed E-state index contributed by atoms with van der Waals surface area (Å²) >= 11 is 1.47. The normalized spacial score (nSPS) is 10.8. The molecule has 1 amide bonds. The van der Waals surface area contributed by atoms with E-state index in [2.05, 4.69) is 15.3 Å². The molecule has 4 rings (SSSR count). The SMILES string of the molecule is O=C(Cn1c(=O)[nH]c2ccccc2c1=O)Nc1ccccc1OCc1cscn1. The first-order valence-corrected chi connectivity index (χ1v) is 9.67. The standard InChI is InChI=1S/C20H16N4O4S/c25-18(9-24-19(26)14-5-1-2-6-15(14)23-20(24)27)22-16-7-3-4-8-17(16)28-10-13-11-29-12-21-13/h1-8,11-12H,9-10H2,(H,22,25)(H,23,27). The average Bonchev–Trinajstić information content (AvgIpc) is 3.24. The van der Waals surface area contributed by atoms with Gasteiger partial charge in [0.15, 0.2) is 0 Å². The zero-order valence-corrected chi connectivity index (χ0v) is 15.9. The van der Waals surface area contributed by atoms with E-state index in [4.69, 9.17) is 4.74 Å². The molecule has 0 bridgehead atoms. The van der Waals surface area contributed by atoms with Crippen LogP contribution in [0.4, 0.5) is 5.69 Å². The highest BCUT2D eigenvalue weighted by Crippen LogP contribution is 2.24. The number of carbonyl (C=O) groups is 1. The number of rotatable bonds is 6. The molecular formula is C20H16N4O4S. The monoisotopic (exact) mass is 408 g/mol. The fourth-order valence-electron chi connectivity index (χ4n) is 2.83. The van der Waals surface area contributed by atoms with Gasteiger partial charge in [-0.2, -0.15) is 0 Å². The molecule has 2 aromatic carbocycles. The number of carbonyl (C=O) groups excluding carboxylic acids is 1. The first-order valence-electron chi connectivity index (χ1n) is 8.72. The van der Waals surface area contributed by atoms with Crippen LogP contribution < -0.4 is 21.3 Å². The van der Waals surface area contributed by atoms with Crippen LogP contribution in [0, 0.1) is 0 Å². The van der Waals surface area contributed by atoms with Gasteiger partial charge in [0.25, 0.3) is 5.56 Å². The first-order chi connectivity index (χ1) is 14.1. The van der Waals surface area contributed by atoms with Crippen molar-refractivity contribution < 1.29 is 9.53 Å². The maximum absolute atomic E-state index is 12.6. The Bertz CT molecular complexity index is 1280. The number of benzene rings is 2. The Balaban J connectivity index is 1.53. The van der Waals surface area contributed by atoms with Crippen molar-refractivity contribution >= 4 is 33.8 Å². The Morgan fingerprint density at radius 1 is 1.14 bits per heavy atom. The molecule has 4 aromatic rings. The van der Waals surface area contributed by atoms with Gasteiger partial charge in [0.1, 0.15) is 18.9 Å². The van der Waals surface area contributed by atoms with Crippen LogP contribution in [0.2, 0.25) is 0 Å². The van der Waals surface area contributed by atoms with Gasteiger partial charge < -0.3 is 15.0 Å². The van der Waals surface area contributed by atoms with Crippen LogP contribution in [0.15, 0.2) is 69.0 Å². The van der Waals surface area contributed by atoms with Crippen molar-refractivity contribution in [3.8, 4) is 5.75 Å². The minimum Gasteiger partial charge on any atom is -0.485 e. The summed E-state index contributed by atoms with van der Waals surface area (Å²) in [5, 5.41) is 4.91. The number of H-pyrrole nitrogens is 1. The molecule has 0 unspecified atom stereocenters. The molecular weight excluding hydrogens is 392 g/mol. The largest absolute Gasteiger partial charge is 0.485 e. The predicted molar refractivity (Wildman–Crippen MR) is 110 cm³/mol. The highest BCUT2D eigenvalue weighted by Gasteiger charge is 2.13. The molecule has 0 saturated carbocycles. The number of para-hydroxylation sites is 3. The molecule has 2 N–H and O–H groups in total. The number of fused-ring (bicyclic) bond motifs is 1. The molecule has 2 aromatic heterocycles. The number of amides is 1. The lowest BCUT2D eigenvalue weighted by Gasteiger charge is -2.12. The van der Waals surface area contributed by atoms with E-state index in [1.54, 1.807) is 54.0 Å². The maximum atomic E-state index is 12.6. The molecule has 0 aliphatic carbocycles. The smallest absolute Gasteiger partial charge is 0.329 e. The van der Waals surface area contributed by atoms with E-state index < -0.39 is 23.7 Å². The van der Waals surface area contributed by atoms with Crippen molar-refractivity contribution in [2.75, 3.05) is 5.32 Å². The van der Waals surface area contributed by atoms with E-state index in [-0.39, 0.29) is 6.61 Å². The van der Waals surface area contributed by atoms with Crippen molar-refractivity contribution in [1.82, 2.24) is 14.5 Å².